The molecule has 0 saturated carbocycles. The second-order valence-corrected chi connectivity index (χ2v) is 2.47. The van der Waals surface area contributed by atoms with Crippen LogP contribution in [0.1, 0.15) is 9.27 Å². The van der Waals surface area contributed by atoms with Crippen molar-refractivity contribution < 1.29 is 21.7 Å². The monoisotopic (exact) mass is 291 g/mol. The molecule has 0 amide bonds. The van der Waals surface area contributed by atoms with Gasteiger partial charge >= 0.3 is 56.7 Å². The van der Waals surface area contributed by atoms with Crippen molar-refractivity contribution >= 4 is 56.7 Å². The van der Waals surface area contributed by atoms with E-state index in [9.17, 15) is 4.57 Å². The third kappa shape index (κ3) is 11.9. The molecule has 0 saturated heterocycles. The third-order valence-corrected chi connectivity index (χ3v) is 0.992. The van der Waals surface area contributed by atoms with Crippen LogP contribution >= 0.6 is 7.82 Å². The first-order valence-electron chi connectivity index (χ1n) is 2.13. The molecule has 0 aromatic rings. The van der Waals surface area contributed by atoms with Gasteiger partial charge in [0.05, 0.1) is 19.1 Å². The van der Waals surface area contributed by atoms with Gasteiger partial charge in [-0.25, -0.2) is 4.57 Å². The average molecular weight is 290 g/mol. The van der Waals surface area contributed by atoms with Crippen LogP contribution in [0, 0.1) is 11.3 Å². The van der Waals surface area contributed by atoms with Crippen LogP contribution in [0.3, 0.4) is 0 Å². The van der Waals surface area contributed by atoms with Crippen molar-refractivity contribution in [2.45, 2.75) is 6.42 Å². The molecule has 0 rings (SSSR count). The number of phosphoric ester groups is 1. The molecule has 0 spiro atoms. The maximum absolute atomic E-state index is 9.87. The molecule has 0 aliphatic rings. The molecule has 0 aliphatic carbocycles. The SMILES string of the molecule is N#CCCOP(=O)(O)O.[Ba+2].[H-].[H-]. The maximum atomic E-state index is 9.87. The van der Waals surface area contributed by atoms with Gasteiger partial charge in [-0.2, -0.15) is 5.26 Å². The molecule has 0 heterocycles. The number of nitrogens with zero attached hydrogens (tertiary/aromatic N) is 1. The van der Waals surface area contributed by atoms with Crippen LogP contribution < -0.4 is 0 Å². The van der Waals surface area contributed by atoms with Crippen molar-refractivity contribution in [3.8, 4) is 6.07 Å². The van der Waals surface area contributed by atoms with Crippen molar-refractivity contribution in [1.82, 2.24) is 0 Å². The number of hydrogen-bond acceptors (Lipinski definition) is 3. The van der Waals surface area contributed by atoms with Crippen molar-refractivity contribution in [2.24, 2.45) is 0 Å². The molecule has 2 N–H and O–H groups in total. The normalized spacial score (nSPS) is 9.70. The van der Waals surface area contributed by atoms with Gasteiger partial charge in [-0.3, -0.25) is 4.52 Å². The van der Waals surface area contributed by atoms with E-state index in [4.69, 9.17) is 15.0 Å². The van der Waals surface area contributed by atoms with Crippen molar-refractivity contribution in [3.05, 3.63) is 0 Å². The van der Waals surface area contributed by atoms with Gasteiger partial charge in [0.25, 0.3) is 0 Å². The number of phosphoric acid groups is 1. The summed E-state index contributed by atoms with van der Waals surface area (Å²) in [6, 6.07) is 1.67. The quantitative estimate of drug-likeness (QED) is 0.429. The van der Waals surface area contributed by atoms with Crippen LogP contribution in [-0.2, 0) is 9.09 Å². The summed E-state index contributed by atoms with van der Waals surface area (Å²) in [6.45, 7) is -0.221. The van der Waals surface area contributed by atoms with E-state index in [1.165, 1.54) is 0 Å². The van der Waals surface area contributed by atoms with Crippen molar-refractivity contribution in [3.63, 3.8) is 0 Å². The second-order valence-electron chi connectivity index (χ2n) is 1.23. The number of hydrogen-bond donors (Lipinski definition) is 2. The topological polar surface area (TPSA) is 90.5 Å². The molecule has 0 aliphatic heterocycles. The van der Waals surface area contributed by atoms with Crippen LogP contribution in [0.25, 0.3) is 0 Å². The third-order valence-electron chi connectivity index (χ3n) is 0.473. The van der Waals surface area contributed by atoms with Crippen molar-refractivity contribution in [1.29, 1.82) is 5.26 Å². The van der Waals surface area contributed by atoms with Gasteiger partial charge in [-0.05, 0) is 0 Å². The minimum atomic E-state index is -4.35. The molecule has 0 radical (unpaired) electrons. The predicted octanol–water partition coefficient (Wildman–Crippen LogP) is -0.146. The fraction of sp³-hybridized carbons (Fsp3) is 0.667. The first-order chi connectivity index (χ1) is 4.06. The Morgan fingerprint density at radius 3 is 2.50 bits per heavy atom. The number of nitriles is 1. The summed E-state index contributed by atoms with van der Waals surface area (Å²) in [7, 11) is -4.35. The molecule has 0 aromatic carbocycles. The molecular formula is C3H8BaNO4P. The zero-order chi connectivity index (χ0) is 7.33. The Labute approximate surface area is 102 Å². The van der Waals surface area contributed by atoms with E-state index in [0.717, 1.165) is 0 Å². The summed E-state index contributed by atoms with van der Waals surface area (Å²) in [5.41, 5.74) is 0. The van der Waals surface area contributed by atoms with Crippen LogP contribution in [0.5, 0.6) is 0 Å². The molecule has 7 heteroatoms. The van der Waals surface area contributed by atoms with Crippen LogP contribution in [0.2, 0.25) is 0 Å². The van der Waals surface area contributed by atoms with Gasteiger partial charge in [0.1, 0.15) is 0 Å². The number of rotatable bonds is 3. The summed E-state index contributed by atoms with van der Waals surface area (Å²) >= 11 is 0. The van der Waals surface area contributed by atoms with E-state index in [1.54, 1.807) is 6.07 Å². The molecular weight excluding hydrogens is 282 g/mol. The van der Waals surface area contributed by atoms with Crippen LogP contribution in [0.4, 0.5) is 0 Å². The van der Waals surface area contributed by atoms with E-state index in [1.807, 2.05) is 0 Å². The zero-order valence-electron chi connectivity index (χ0n) is 7.23. The summed E-state index contributed by atoms with van der Waals surface area (Å²) in [5.74, 6) is 0. The van der Waals surface area contributed by atoms with E-state index >= 15 is 0 Å². The van der Waals surface area contributed by atoms with E-state index in [0.29, 0.717) is 0 Å². The van der Waals surface area contributed by atoms with Gasteiger partial charge in [0, 0.05) is 0 Å². The van der Waals surface area contributed by atoms with Crippen LogP contribution in [-0.4, -0.2) is 65.3 Å². The van der Waals surface area contributed by atoms with Gasteiger partial charge in [0.2, 0.25) is 0 Å². The Bertz CT molecular complexity index is 168. The fourth-order valence-electron chi connectivity index (χ4n) is 0.210. The van der Waals surface area contributed by atoms with Gasteiger partial charge in [-0.15, -0.1) is 0 Å². The molecule has 56 valence electrons. The molecule has 0 atom stereocenters. The Morgan fingerprint density at radius 2 is 2.20 bits per heavy atom. The summed E-state index contributed by atoms with van der Waals surface area (Å²) in [5, 5.41) is 7.88. The molecule has 0 aromatic heterocycles. The smallest absolute Gasteiger partial charge is 1.00 e. The Hall–Kier alpha value is 1.17. The second kappa shape index (κ2) is 6.86. The minimum Gasteiger partial charge on any atom is -1.00 e. The van der Waals surface area contributed by atoms with Gasteiger partial charge in [-0.1, -0.05) is 0 Å². The predicted molar refractivity (Wildman–Crippen MR) is 36.2 cm³/mol. The average Bonchev–Trinajstić information content (AvgIpc) is 1.63. The maximum Gasteiger partial charge on any atom is 2.00 e. The first kappa shape index (κ1) is 13.7. The zero-order valence-corrected chi connectivity index (χ0v) is 10.6. The van der Waals surface area contributed by atoms with Crippen molar-refractivity contribution in [2.75, 3.05) is 6.61 Å². The van der Waals surface area contributed by atoms with E-state index in [2.05, 4.69) is 4.52 Å². The Balaban J connectivity index is -0.000000107. The molecule has 0 bridgehead atoms. The summed E-state index contributed by atoms with van der Waals surface area (Å²) < 4.78 is 13.8. The fourth-order valence-corrected chi connectivity index (χ4v) is 0.539. The largest absolute Gasteiger partial charge is 2.00 e. The van der Waals surface area contributed by atoms with Gasteiger partial charge in [0.15, 0.2) is 0 Å². The minimum absolute atomic E-state index is 0. The standard InChI is InChI=1S/C3H6NO4P.Ba.2H/c4-2-1-3-8-9(5,6)7;;;/h1,3H2,(H2,5,6,7);;;/q;+2;2*-1. The van der Waals surface area contributed by atoms with Gasteiger partial charge < -0.3 is 12.6 Å². The van der Waals surface area contributed by atoms with Crippen LogP contribution in [0.15, 0.2) is 0 Å². The first-order valence-corrected chi connectivity index (χ1v) is 3.66. The molecule has 10 heavy (non-hydrogen) atoms. The summed E-state index contributed by atoms with van der Waals surface area (Å²) in [6.07, 6.45) is -0.00882. The molecule has 5 nitrogen and oxygen atoms in total. The van der Waals surface area contributed by atoms with E-state index < -0.39 is 7.82 Å². The Morgan fingerprint density at radius 1 is 1.70 bits per heavy atom. The summed E-state index contributed by atoms with van der Waals surface area (Å²) in [4.78, 5) is 16.0. The molecule has 0 unspecified atom stereocenters. The Kier molecular flexibility index (Phi) is 9.42. The molecule has 0 fully saturated rings. The van der Waals surface area contributed by atoms with E-state index in [-0.39, 0.29) is 64.8 Å².